The first-order valence-corrected chi connectivity index (χ1v) is 15.1. The van der Waals surface area contributed by atoms with Crippen LogP contribution in [0.25, 0.3) is 5.69 Å². The van der Waals surface area contributed by atoms with Crippen molar-refractivity contribution >= 4 is 39.4 Å². The molecule has 7 nitrogen and oxygen atoms in total. The first-order chi connectivity index (χ1) is 20.3. The maximum atomic E-state index is 13.9. The number of benzene rings is 4. The highest BCUT2D eigenvalue weighted by Crippen LogP contribution is 2.30. The van der Waals surface area contributed by atoms with Crippen LogP contribution in [0.2, 0.25) is 5.02 Å². The molecule has 9 heteroatoms. The predicted molar refractivity (Wildman–Crippen MR) is 168 cm³/mol. The number of rotatable bonds is 9. The van der Waals surface area contributed by atoms with Crippen molar-refractivity contribution < 1.29 is 13.2 Å². The van der Waals surface area contributed by atoms with Gasteiger partial charge in [-0.15, -0.1) is 0 Å². The Morgan fingerprint density at radius 3 is 2.21 bits per heavy atom. The minimum atomic E-state index is -4.01. The number of carbonyl (C=O) groups excluding carboxylic acids is 1. The van der Waals surface area contributed by atoms with Gasteiger partial charge < -0.3 is 4.57 Å². The summed E-state index contributed by atoms with van der Waals surface area (Å²) in [5, 5.41) is 4.84. The number of nitrogens with zero attached hydrogens (tertiary/aromatic N) is 3. The van der Waals surface area contributed by atoms with Crippen LogP contribution in [-0.4, -0.2) is 25.1 Å². The van der Waals surface area contributed by atoms with Crippen LogP contribution in [0.5, 0.6) is 0 Å². The molecule has 0 aliphatic carbocycles. The molecule has 0 unspecified atom stereocenters. The molecule has 0 saturated carbocycles. The maximum Gasteiger partial charge on any atom is 0.273 e. The number of halogens is 1. The summed E-state index contributed by atoms with van der Waals surface area (Å²) in [5.74, 6) is -0.539. The van der Waals surface area contributed by atoms with Crippen LogP contribution in [-0.2, 0) is 16.6 Å². The first-order valence-electron chi connectivity index (χ1n) is 13.3. The molecule has 0 aliphatic rings. The van der Waals surface area contributed by atoms with Gasteiger partial charge in [-0.05, 0) is 61.9 Å². The number of aryl methyl sites for hydroxylation is 1. The Morgan fingerprint density at radius 2 is 1.50 bits per heavy atom. The van der Waals surface area contributed by atoms with Crippen molar-refractivity contribution in [1.29, 1.82) is 0 Å². The lowest BCUT2D eigenvalue weighted by Gasteiger charge is -2.26. The van der Waals surface area contributed by atoms with Crippen LogP contribution in [0.15, 0.2) is 125 Å². The van der Waals surface area contributed by atoms with Gasteiger partial charge in [0.15, 0.2) is 0 Å². The van der Waals surface area contributed by atoms with Crippen molar-refractivity contribution in [3.8, 4) is 5.69 Å². The summed E-state index contributed by atoms with van der Waals surface area (Å²) >= 11 is 6.43. The van der Waals surface area contributed by atoms with Crippen molar-refractivity contribution in [3.05, 3.63) is 148 Å². The van der Waals surface area contributed by atoms with Crippen molar-refractivity contribution in [2.75, 3.05) is 4.31 Å². The number of anilines is 1. The molecule has 0 aliphatic heterocycles. The summed E-state index contributed by atoms with van der Waals surface area (Å²) in [4.78, 5) is 13.6. The number of amides is 1. The molecule has 0 atom stereocenters. The molecule has 0 bridgehead atoms. The standard InChI is InChI=1S/C33H29ClN4O3S/c1-24-21-27(25(2)38(24)32-20-12-10-18-30(32)34)22-35-36-33(39)29-17-9-11-19-31(29)37(23-26-13-5-3-6-14-26)42(40,41)28-15-7-4-8-16-28/h3-22H,23H2,1-2H3,(H,36,39)/b35-22-. The molecule has 0 fully saturated rings. The second-order valence-corrected chi connectivity index (χ2v) is 11.9. The summed E-state index contributed by atoms with van der Waals surface area (Å²) in [6.45, 7) is 3.96. The minimum absolute atomic E-state index is 0.0413. The molecule has 0 spiro atoms. The number of hydrogen-bond acceptors (Lipinski definition) is 4. The number of hydrogen-bond donors (Lipinski definition) is 1. The van der Waals surface area contributed by atoms with Gasteiger partial charge in [-0.3, -0.25) is 9.10 Å². The van der Waals surface area contributed by atoms with Crippen LogP contribution >= 0.6 is 11.6 Å². The van der Waals surface area contributed by atoms with Crippen LogP contribution in [0, 0.1) is 13.8 Å². The number of hydrazone groups is 1. The zero-order valence-corrected chi connectivity index (χ0v) is 24.7. The van der Waals surface area contributed by atoms with Gasteiger partial charge in [0.25, 0.3) is 15.9 Å². The molecule has 0 radical (unpaired) electrons. The highest BCUT2D eigenvalue weighted by atomic mass is 35.5. The molecule has 42 heavy (non-hydrogen) atoms. The lowest BCUT2D eigenvalue weighted by molar-refractivity contribution is 0.0955. The molecule has 0 saturated heterocycles. The highest BCUT2D eigenvalue weighted by Gasteiger charge is 2.28. The van der Waals surface area contributed by atoms with E-state index in [-0.39, 0.29) is 22.7 Å². The van der Waals surface area contributed by atoms with Crippen molar-refractivity contribution in [2.24, 2.45) is 5.10 Å². The van der Waals surface area contributed by atoms with E-state index < -0.39 is 15.9 Å². The number of carbonyl (C=O) groups is 1. The van der Waals surface area contributed by atoms with E-state index in [1.165, 1.54) is 4.31 Å². The summed E-state index contributed by atoms with van der Waals surface area (Å²) in [7, 11) is -4.01. The van der Waals surface area contributed by atoms with Gasteiger partial charge in [0, 0.05) is 17.0 Å². The lowest BCUT2D eigenvalue weighted by Crippen LogP contribution is -2.33. The lowest BCUT2D eigenvalue weighted by atomic mass is 10.1. The average Bonchev–Trinajstić information content (AvgIpc) is 3.29. The molecular weight excluding hydrogens is 568 g/mol. The van der Waals surface area contributed by atoms with E-state index in [2.05, 4.69) is 10.5 Å². The van der Waals surface area contributed by atoms with Crippen molar-refractivity contribution in [1.82, 2.24) is 9.99 Å². The Balaban J connectivity index is 1.45. The Kier molecular flexibility index (Phi) is 8.56. The maximum absolute atomic E-state index is 13.9. The Labute approximate surface area is 250 Å². The summed E-state index contributed by atoms with van der Waals surface area (Å²) in [5.41, 5.74) is 7.29. The fourth-order valence-electron chi connectivity index (χ4n) is 4.79. The quantitative estimate of drug-likeness (QED) is 0.148. The fraction of sp³-hybridized carbons (Fsp3) is 0.0909. The number of para-hydroxylation sites is 2. The molecule has 1 N–H and O–H groups in total. The smallest absolute Gasteiger partial charge is 0.273 e. The van der Waals surface area contributed by atoms with Crippen molar-refractivity contribution in [3.63, 3.8) is 0 Å². The fourth-order valence-corrected chi connectivity index (χ4v) is 6.51. The third kappa shape index (κ3) is 6.00. The minimum Gasteiger partial charge on any atom is -0.316 e. The highest BCUT2D eigenvalue weighted by molar-refractivity contribution is 7.92. The number of sulfonamides is 1. The Hall–Kier alpha value is -4.66. The first kappa shape index (κ1) is 28.9. The van der Waals surface area contributed by atoms with Crippen LogP contribution in [0.3, 0.4) is 0 Å². The van der Waals surface area contributed by atoms with Gasteiger partial charge in [-0.2, -0.15) is 5.10 Å². The SMILES string of the molecule is Cc1cc(/C=N\NC(=O)c2ccccc2N(Cc2ccccc2)S(=O)(=O)c2ccccc2)c(C)n1-c1ccccc1Cl. The van der Waals surface area contributed by atoms with Crippen molar-refractivity contribution in [2.45, 2.75) is 25.3 Å². The molecule has 5 rings (SSSR count). The van der Waals surface area contributed by atoms with E-state index in [4.69, 9.17) is 11.6 Å². The average molecular weight is 597 g/mol. The second kappa shape index (κ2) is 12.5. The largest absolute Gasteiger partial charge is 0.316 e. The zero-order chi connectivity index (χ0) is 29.7. The molecule has 1 amide bonds. The molecule has 1 heterocycles. The van der Waals surface area contributed by atoms with E-state index in [0.717, 1.165) is 28.2 Å². The van der Waals surface area contributed by atoms with Gasteiger partial charge >= 0.3 is 0 Å². The summed E-state index contributed by atoms with van der Waals surface area (Å²) < 4.78 is 31.0. The monoisotopic (exact) mass is 596 g/mol. The van der Waals surface area contributed by atoms with E-state index >= 15 is 0 Å². The van der Waals surface area contributed by atoms with E-state index in [0.29, 0.717) is 5.02 Å². The summed E-state index contributed by atoms with van der Waals surface area (Å²) in [6.07, 6.45) is 1.57. The third-order valence-electron chi connectivity index (χ3n) is 6.85. The Morgan fingerprint density at radius 1 is 0.881 bits per heavy atom. The molecule has 212 valence electrons. The summed E-state index contributed by atoms with van der Waals surface area (Å²) in [6, 6.07) is 33.6. The van der Waals surface area contributed by atoms with Gasteiger partial charge in [0.05, 0.1) is 39.6 Å². The molecule has 4 aromatic carbocycles. The van der Waals surface area contributed by atoms with Gasteiger partial charge in [-0.25, -0.2) is 13.8 Å². The van der Waals surface area contributed by atoms with Crippen LogP contribution in [0.4, 0.5) is 5.69 Å². The predicted octanol–water partition coefficient (Wildman–Crippen LogP) is 6.91. The molecular formula is C33H29ClN4O3S. The molecule has 5 aromatic rings. The van der Waals surface area contributed by atoms with Gasteiger partial charge in [0.1, 0.15) is 0 Å². The molecule has 1 aromatic heterocycles. The third-order valence-corrected chi connectivity index (χ3v) is 8.94. The topological polar surface area (TPSA) is 83.8 Å². The van der Waals surface area contributed by atoms with E-state index in [1.807, 2.05) is 79.1 Å². The number of nitrogens with one attached hydrogen (secondary N) is 1. The van der Waals surface area contributed by atoms with Gasteiger partial charge in [-0.1, -0.05) is 84.4 Å². The second-order valence-electron chi connectivity index (χ2n) is 9.64. The van der Waals surface area contributed by atoms with E-state index in [1.54, 1.807) is 60.8 Å². The zero-order valence-electron chi connectivity index (χ0n) is 23.1. The number of aromatic nitrogens is 1. The Bertz CT molecular complexity index is 1850. The van der Waals surface area contributed by atoms with Gasteiger partial charge in [0.2, 0.25) is 0 Å². The van der Waals surface area contributed by atoms with Crippen LogP contribution < -0.4 is 9.73 Å². The van der Waals surface area contributed by atoms with E-state index in [9.17, 15) is 13.2 Å². The van der Waals surface area contributed by atoms with Crippen LogP contribution in [0.1, 0.15) is 32.9 Å². The normalized spacial score (nSPS) is 11.5.